The molecule has 0 saturated heterocycles. The number of rotatable bonds is 1. The van der Waals surface area contributed by atoms with Crippen LogP contribution in [0, 0.1) is 0 Å². The van der Waals surface area contributed by atoms with E-state index >= 15 is 0 Å². The van der Waals surface area contributed by atoms with Crippen LogP contribution in [-0.4, -0.2) is 23.3 Å². The molecule has 0 spiro atoms. The Kier molecular flexibility index (Phi) is 2.68. The Bertz CT molecular complexity index is 259. The van der Waals surface area contributed by atoms with Crippen LogP contribution in [0.5, 0.6) is 0 Å². The molecule has 1 radical (unpaired) electrons. The molecule has 2 rings (SSSR count). The fraction of sp³-hybridized carbons (Fsp3) is 0.250. The van der Waals surface area contributed by atoms with Crippen molar-refractivity contribution in [2.45, 2.75) is 0 Å². The lowest BCUT2D eigenvalue weighted by molar-refractivity contribution is 1.24. The average molecular weight is 195 g/mol. The van der Waals surface area contributed by atoms with Crippen LogP contribution >= 0.6 is 23.5 Å². The van der Waals surface area contributed by atoms with Gasteiger partial charge in [-0.25, -0.2) is 4.99 Å². The number of nitrogens with zero attached hydrogens (tertiary/aromatic N) is 2. The third-order valence-corrected chi connectivity index (χ3v) is 2.73. The van der Waals surface area contributed by atoms with Crippen molar-refractivity contribution in [1.29, 1.82) is 0 Å². The number of hydrogen-bond acceptors (Lipinski definition) is 4. The zero-order valence-corrected chi connectivity index (χ0v) is 7.99. The highest BCUT2D eigenvalue weighted by Gasteiger charge is 2.06. The molecule has 0 aromatic heterocycles. The van der Waals surface area contributed by atoms with E-state index in [4.69, 9.17) is 0 Å². The van der Waals surface area contributed by atoms with Crippen molar-refractivity contribution >= 4 is 35.3 Å². The molecule has 12 heavy (non-hydrogen) atoms. The fourth-order valence-electron chi connectivity index (χ4n) is 0.909. The van der Waals surface area contributed by atoms with Gasteiger partial charge >= 0.3 is 0 Å². The Morgan fingerprint density at radius 2 is 2.33 bits per heavy atom. The molecule has 0 amide bonds. The lowest BCUT2D eigenvalue weighted by atomic mass is 10.3. The molecule has 0 atom stereocenters. The lowest BCUT2D eigenvalue weighted by Crippen LogP contribution is -1.94. The van der Waals surface area contributed by atoms with E-state index in [9.17, 15) is 0 Å². The van der Waals surface area contributed by atoms with Gasteiger partial charge in [0.05, 0.1) is 11.4 Å². The van der Waals surface area contributed by atoms with Crippen LogP contribution in [0.2, 0.25) is 0 Å². The van der Waals surface area contributed by atoms with Gasteiger partial charge in [0.15, 0.2) is 0 Å². The van der Waals surface area contributed by atoms with E-state index in [-0.39, 0.29) is 0 Å². The molecule has 0 aliphatic carbocycles. The van der Waals surface area contributed by atoms with Crippen molar-refractivity contribution in [3.63, 3.8) is 0 Å². The SMILES string of the molecule is [C]1=NC(C2=CSCC=N2)=CCS1. The predicted octanol–water partition coefficient (Wildman–Crippen LogP) is 2.18. The van der Waals surface area contributed by atoms with Crippen molar-refractivity contribution < 1.29 is 0 Å². The van der Waals surface area contributed by atoms with Gasteiger partial charge in [-0.3, -0.25) is 4.99 Å². The Balaban J connectivity index is 2.18. The summed E-state index contributed by atoms with van der Waals surface area (Å²) in [5.74, 6) is 1.93. The van der Waals surface area contributed by atoms with Crippen LogP contribution in [0.4, 0.5) is 0 Å². The molecule has 0 fully saturated rings. The molecule has 0 saturated carbocycles. The van der Waals surface area contributed by atoms with Gasteiger partial charge in [0, 0.05) is 17.7 Å². The topological polar surface area (TPSA) is 24.7 Å². The minimum atomic E-state index is 0.955. The fourth-order valence-corrected chi connectivity index (χ4v) is 1.98. The molecule has 0 N–H and O–H groups in total. The van der Waals surface area contributed by atoms with Crippen LogP contribution in [-0.2, 0) is 0 Å². The minimum Gasteiger partial charge on any atom is -0.258 e. The monoisotopic (exact) mass is 195 g/mol. The molecular formula is C8H7N2S2. The van der Waals surface area contributed by atoms with Crippen molar-refractivity contribution in [3.8, 4) is 0 Å². The van der Waals surface area contributed by atoms with E-state index in [1.807, 2.05) is 11.6 Å². The first-order valence-electron chi connectivity index (χ1n) is 3.59. The number of hydrogen-bond donors (Lipinski definition) is 0. The lowest BCUT2D eigenvalue weighted by Gasteiger charge is -2.07. The van der Waals surface area contributed by atoms with Gasteiger partial charge in [-0.15, -0.1) is 11.8 Å². The maximum Gasteiger partial charge on any atom is 0.129 e. The normalized spacial score (nSPS) is 22.0. The summed E-state index contributed by atoms with van der Waals surface area (Å²) < 4.78 is 0. The van der Waals surface area contributed by atoms with E-state index in [1.54, 1.807) is 23.5 Å². The maximum absolute atomic E-state index is 4.26. The van der Waals surface area contributed by atoms with Crippen LogP contribution in [0.15, 0.2) is 32.9 Å². The molecule has 0 bridgehead atoms. The molecule has 61 valence electrons. The quantitative estimate of drug-likeness (QED) is 0.640. The first kappa shape index (κ1) is 8.13. The van der Waals surface area contributed by atoms with E-state index in [0.29, 0.717) is 0 Å². The Morgan fingerprint density at radius 3 is 3.00 bits per heavy atom. The molecule has 0 unspecified atom stereocenters. The van der Waals surface area contributed by atoms with E-state index in [2.05, 4.69) is 21.6 Å². The summed E-state index contributed by atoms with van der Waals surface area (Å²) in [6, 6.07) is 0. The second-order valence-corrected chi connectivity index (χ2v) is 3.96. The van der Waals surface area contributed by atoms with Crippen molar-refractivity contribution in [2.24, 2.45) is 9.98 Å². The average Bonchev–Trinajstić information content (AvgIpc) is 2.21. The number of aliphatic imine (C=N–C) groups is 2. The van der Waals surface area contributed by atoms with Gasteiger partial charge in [-0.05, 0) is 11.5 Å². The highest BCUT2D eigenvalue weighted by Crippen LogP contribution is 2.23. The van der Waals surface area contributed by atoms with Gasteiger partial charge in [0.1, 0.15) is 5.55 Å². The Morgan fingerprint density at radius 1 is 1.33 bits per heavy atom. The van der Waals surface area contributed by atoms with Crippen LogP contribution in [0.1, 0.15) is 0 Å². The summed E-state index contributed by atoms with van der Waals surface area (Å²) in [7, 11) is 0. The third-order valence-electron chi connectivity index (χ3n) is 1.45. The summed E-state index contributed by atoms with van der Waals surface area (Å²) in [5, 5.41) is 2.05. The smallest absolute Gasteiger partial charge is 0.129 e. The van der Waals surface area contributed by atoms with Gasteiger partial charge in [-0.1, -0.05) is 11.8 Å². The zero-order chi connectivity index (χ0) is 8.23. The predicted molar refractivity (Wildman–Crippen MR) is 57.0 cm³/mol. The molecule has 2 aliphatic rings. The summed E-state index contributed by atoms with van der Waals surface area (Å²) in [6.07, 6.45) is 3.99. The molecule has 2 aliphatic heterocycles. The molecule has 2 heterocycles. The summed E-state index contributed by atoms with van der Waals surface area (Å²) in [5.41, 5.74) is 4.81. The largest absolute Gasteiger partial charge is 0.258 e. The maximum atomic E-state index is 4.26. The van der Waals surface area contributed by atoms with E-state index < -0.39 is 0 Å². The van der Waals surface area contributed by atoms with Crippen LogP contribution in [0.25, 0.3) is 0 Å². The molecule has 4 heteroatoms. The van der Waals surface area contributed by atoms with E-state index in [1.165, 1.54) is 0 Å². The van der Waals surface area contributed by atoms with E-state index in [0.717, 1.165) is 22.9 Å². The van der Waals surface area contributed by atoms with Crippen molar-refractivity contribution in [2.75, 3.05) is 11.5 Å². The van der Waals surface area contributed by atoms with Crippen LogP contribution in [0.3, 0.4) is 0 Å². The van der Waals surface area contributed by atoms with Gasteiger partial charge in [0.25, 0.3) is 0 Å². The Labute approximate surface area is 79.9 Å². The summed E-state index contributed by atoms with van der Waals surface area (Å²) in [4.78, 5) is 8.39. The second kappa shape index (κ2) is 3.96. The Hall–Kier alpha value is -0.480. The minimum absolute atomic E-state index is 0.955. The second-order valence-electron chi connectivity index (χ2n) is 2.25. The number of thioether (sulfide) groups is 2. The summed E-state index contributed by atoms with van der Waals surface area (Å²) >= 11 is 3.33. The zero-order valence-electron chi connectivity index (χ0n) is 6.36. The van der Waals surface area contributed by atoms with Crippen molar-refractivity contribution in [3.05, 3.63) is 22.9 Å². The first-order valence-corrected chi connectivity index (χ1v) is 5.62. The molecule has 0 aromatic carbocycles. The molecular weight excluding hydrogens is 188 g/mol. The molecule has 2 nitrogen and oxygen atoms in total. The van der Waals surface area contributed by atoms with Gasteiger partial charge in [-0.2, -0.15) is 0 Å². The van der Waals surface area contributed by atoms with Gasteiger partial charge in [0.2, 0.25) is 0 Å². The third kappa shape index (κ3) is 1.81. The van der Waals surface area contributed by atoms with Crippen molar-refractivity contribution in [1.82, 2.24) is 0 Å². The van der Waals surface area contributed by atoms with Gasteiger partial charge < -0.3 is 0 Å². The summed E-state index contributed by atoms with van der Waals surface area (Å²) in [6.45, 7) is 0. The highest BCUT2D eigenvalue weighted by atomic mass is 32.2. The van der Waals surface area contributed by atoms with Crippen LogP contribution < -0.4 is 0 Å². The first-order chi connectivity index (χ1) is 5.97. The molecule has 0 aromatic rings. The highest BCUT2D eigenvalue weighted by molar-refractivity contribution is 8.12. The standard InChI is InChI=1S/C8H7N2S2/c1-3-12-6-10-7(1)8-5-11-4-2-9-8/h1-2,5H,3-4H2.